The number of nitrogens with zero attached hydrogens (tertiary/aromatic N) is 1. The molecule has 3 heterocycles. The predicted octanol–water partition coefficient (Wildman–Crippen LogP) is 5.36. The number of fused-ring (bicyclic) bond motifs is 4. The molecule has 3 aliphatic carbocycles. The molecule has 6 heteroatoms. The first-order valence-corrected chi connectivity index (χ1v) is 13.9. The molecule has 1 aromatic heterocycles. The SMILES string of the molecule is Oc1ccc2c3c1O[C@H]1c4[nH]c5ccc(Oc6ccccc6)cc5c4C[C@@]4(O)[C@H](C2)N(CC2CC2)CC[C@]314. The molecule has 5 aliphatic rings. The summed E-state index contributed by atoms with van der Waals surface area (Å²) >= 11 is 0. The van der Waals surface area contributed by atoms with E-state index in [9.17, 15) is 10.2 Å². The molecule has 9 rings (SSSR count). The maximum absolute atomic E-state index is 13.0. The number of hydrogen-bond donors (Lipinski definition) is 3. The van der Waals surface area contributed by atoms with Crippen molar-refractivity contribution < 1.29 is 19.7 Å². The molecule has 1 saturated heterocycles. The average molecular weight is 507 g/mol. The second kappa shape index (κ2) is 7.13. The Morgan fingerprint density at radius 3 is 2.76 bits per heavy atom. The Labute approximate surface area is 220 Å². The van der Waals surface area contributed by atoms with Gasteiger partial charge in [-0.25, -0.2) is 0 Å². The molecule has 6 nitrogen and oxygen atoms in total. The largest absolute Gasteiger partial charge is 0.504 e. The van der Waals surface area contributed by atoms with Crippen LogP contribution in [0.2, 0.25) is 0 Å². The van der Waals surface area contributed by atoms with Gasteiger partial charge in [0.25, 0.3) is 0 Å². The van der Waals surface area contributed by atoms with Gasteiger partial charge in [0, 0.05) is 35.5 Å². The second-order valence-corrected chi connectivity index (χ2v) is 12.1. The van der Waals surface area contributed by atoms with Crippen LogP contribution >= 0.6 is 0 Å². The van der Waals surface area contributed by atoms with E-state index in [1.165, 1.54) is 18.4 Å². The van der Waals surface area contributed by atoms with Crippen molar-refractivity contribution in [1.82, 2.24) is 9.88 Å². The van der Waals surface area contributed by atoms with Gasteiger partial charge in [-0.05, 0) is 85.7 Å². The summed E-state index contributed by atoms with van der Waals surface area (Å²) in [6.45, 7) is 2.01. The number of phenolic OH excluding ortho intramolecular Hbond substituents is 1. The van der Waals surface area contributed by atoms with Crippen LogP contribution in [0.4, 0.5) is 0 Å². The van der Waals surface area contributed by atoms with Crippen molar-refractivity contribution in [2.45, 2.75) is 55.3 Å². The van der Waals surface area contributed by atoms with E-state index >= 15 is 0 Å². The van der Waals surface area contributed by atoms with Crippen molar-refractivity contribution in [3.8, 4) is 23.0 Å². The highest BCUT2D eigenvalue weighted by Crippen LogP contribution is 2.69. The predicted molar refractivity (Wildman–Crippen MR) is 143 cm³/mol. The Bertz CT molecular complexity index is 1630. The van der Waals surface area contributed by atoms with Crippen molar-refractivity contribution >= 4 is 10.9 Å². The van der Waals surface area contributed by atoms with Crippen molar-refractivity contribution in [3.63, 3.8) is 0 Å². The molecule has 0 unspecified atom stereocenters. The van der Waals surface area contributed by atoms with Gasteiger partial charge in [-0.2, -0.15) is 0 Å². The molecular formula is C32H30N2O4. The van der Waals surface area contributed by atoms with Crippen LogP contribution in [0.1, 0.15) is 47.8 Å². The molecule has 4 aromatic rings. The number of nitrogens with one attached hydrogen (secondary N) is 1. The Kier molecular flexibility index (Phi) is 4.02. The lowest BCUT2D eigenvalue weighted by Crippen LogP contribution is -2.74. The van der Waals surface area contributed by atoms with Crippen molar-refractivity contribution in [2.24, 2.45) is 5.92 Å². The third-order valence-electron chi connectivity index (χ3n) is 10.1. The average Bonchev–Trinajstić information content (AvgIpc) is 3.56. The van der Waals surface area contributed by atoms with E-state index in [0.29, 0.717) is 12.2 Å². The number of benzene rings is 3. The lowest BCUT2D eigenvalue weighted by atomic mass is 9.49. The van der Waals surface area contributed by atoms with Crippen LogP contribution in [-0.4, -0.2) is 44.8 Å². The number of piperidine rings is 1. The first-order chi connectivity index (χ1) is 18.5. The third-order valence-corrected chi connectivity index (χ3v) is 10.1. The molecule has 192 valence electrons. The summed E-state index contributed by atoms with van der Waals surface area (Å²) in [6.07, 6.45) is 4.38. The number of rotatable bonds is 4. The van der Waals surface area contributed by atoms with Gasteiger partial charge in [-0.1, -0.05) is 24.3 Å². The minimum Gasteiger partial charge on any atom is -0.504 e. The summed E-state index contributed by atoms with van der Waals surface area (Å²) in [4.78, 5) is 6.25. The topological polar surface area (TPSA) is 78.0 Å². The molecular weight excluding hydrogens is 476 g/mol. The van der Waals surface area contributed by atoms with Gasteiger partial charge in [-0.3, -0.25) is 4.90 Å². The summed E-state index contributed by atoms with van der Waals surface area (Å²) < 4.78 is 12.9. The fourth-order valence-electron chi connectivity index (χ4n) is 8.29. The maximum Gasteiger partial charge on any atom is 0.166 e. The number of likely N-dealkylation sites (tertiary alicyclic amines) is 1. The van der Waals surface area contributed by atoms with Crippen LogP contribution < -0.4 is 9.47 Å². The number of aromatic hydroxyl groups is 1. The van der Waals surface area contributed by atoms with E-state index in [0.717, 1.165) is 71.1 Å². The fourth-order valence-corrected chi connectivity index (χ4v) is 8.29. The van der Waals surface area contributed by atoms with Crippen LogP contribution in [0.25, 0.3) is 10.9 Å². The highest BCUT2D eigenvalue weighted by molar-refractivity contribution is 5.87. The van der Waals surface area contributed by atoms with Crippen LogP contribution in [0.3, 0.4) is 0 Å². The molecule has 3 N–H and O–H groups in total. The second-order valence-electron chi connectivity index (χ2n) is 12.1. The Balaban J connectivity index is 1.23. The molecule has 1 saturated carbocycles. The van der Waals surface area contributed by atoms with Crippen molar-refractivity contribution in [1.29, 1.82) is 0 Å². The highest BCUT2D eigenvalue weighted by atomic mass is 16.5. The summed E-state index contributed by atoms with van der Waals surface area (Å²) in [5.41, 5.74) is 3.85. The van der Waals surface area contributed by atoms with Gasteiger partial charge >= 0.3 is 0 Å². The highest BCUT2D eigenvalue weighted by Gasteiger charge is 2.72. The lowest BCUT2D eigenvalue weighted by Gasteiger charge is -2.62. The van der Waals surface area contributed by atoms with E-state index < -0.39 is 11.0 Å². The zero-order chi connectivity index (χ0) is 25.2. The number of phenols is 1. The summed E-state index contributed by atoms with van der Waals surface area (Å²) in [5, 5.41) is 24.9. The molecule has 4 atom stereocenters. The molecule has 0 radical (unpaired) electrons. The van der Waals surface area contributed by atoms with E-state index in [-0.39, 0.29) is 17.9 Å². The van der Waals surface area contributed by atoms with Crippen LogP contribution in [0.15, 0.2) is 60.7 Å². The smallest absolute Gasteiger partial charge is 0.166 e. The number of aromatic nitrogens is 1. The quantitative estimate of drug-likeness (QED) is 0.347. The lowest BCUT2D eigenvalue weighted by molar-refractivity contribution is -0.173. The fraction of sp³-hybridized carbons (Fsp3) is 0.375. The molecule has 2 bridgehead atoms. The summed E-state index contributed by atoms with van der Waals surface area (Å²) in [7, 11) is 0. The minimum atomic E-state index is -0.991. The molecule has 3 aromatic carbocycles. The van der Waals surface area contributed by atoms with Gasteiger partial charge in [0.2, 0.25) is 0 Å². The van der Waals surface area contributed by atoms with Gasteiger partial charge in [0.15, 0.2) is 17.6 Å². The number of ether oxygens (including phenoxy) is 2. The Morgan fingerprint density at radius 1 is 1.05 bits per heavy atom. The van der Waals surface area contributed by atoms with Crippen LogP contribution in [0, 0.1) is 5.92 Å². The van der Waals surface area contributed by atoms with E-state index in [4.69, 9.17) is 9.47 Å². The number of aliphatic hydroxyl groups is 1. The third kappa shape index (κ3) is 2.60. The van der Waals surface area contributed by atoms with E-state index in [1.807, 2.05) is 36.4 Å². The summed E-state index contributed by atoms with van der Waals surface area (Å²) in [5.74, 6) is 3.06. The van der Waals surface area contributed by atoms with Gasteiger partial charge in [-0.15, -0.1) is 0 Å². The number of H-pyrrole nitrogens is 1. The molecule has 38 heavy (non-hydrogen) atoms. The zero-order valence-corrected chi connectivity index (χ0v) is 21.1. The van der Waals surface area contributed by atoms with E-state index in [2.05, 4.69) is 28.1 Å². The number of para-hydroxylation sites is 1. The maximum atomic E-state index is 13.0. The standard InChI is InChI=1S/C32H30N2O4/c35-25-11-8-19-14-26-32(36)16-23-22-15-21(37-20-4-2-1-3-5-20)9-10-24(22)33-28(23)30-31(32,27(19)29(25)38-30)12-13-34(26)17-18-6-7-18/h1-5,8-11,15,18,26,30,33,35-36H,6-7,12-14,16-17H2/t26-,30-,31-,32+/m0/s1. The molecule has 1 spiro atoms. The van der Waals surface area contributed by atoms with Crippen molar-refractivity contribution in [2.75, 3.05) is 13.1 Å². The summed E-state index contributed by atoms with van der Waals surface area (Å²) in [6, 6.07) is 19.8. The normalized spacial score (nSPS) is 30.6. The Hall–Kier alpha value is -3.48. The number of hydrogen-bond acceptors (Lipinski definition) is 5. The Morgan fingerprint density at radius 2 is 1.92 bits per heavy atom. The molecule has 2 aliphatic heterocycles. The van der Waals surface area contributed by atoms with Gasteiger partial charge in [0.1, 0.15) is 11.5 Å². The van der Waals surface area contributed by atoms with Crippen molar-refractivity contribution in [3.05, 3.63) is 83.0 Å². The first kappa shape index (κ1) is 21.5. The number of aromatic amines is 1. The molecule has 2 fully saturated rings. The van der Waals surface area contributed by atoms with Gasteiger partial charge in [0.05, 0.1) is 16.7 Å². The van der Waals surface area contributed by atoms with Gasteiger partial charge < -0.3 is 24.7 Å². The molecule has 0 amide bonds. The monoisotopic (exact) mass is 506 g/mol. The zero-order valence-electron chi connectivity index (χ0n) is 21.1. The first-order valence-electron chi connectivity index (χ1n) is 13.9. The van der Waals surface area contributed by atoms with Crippen LogP contribution in [-0.2, 0) is 18.3 Å². The van der Waals surface area contributed by atoms with Crippen LogP contribution in [0.5, 0.6) is 23.0 Å². The minimum absolute atomic E-state index is 0.0211. The van der Waals surface area contributed by atoms with E-state index in [1.54, 1.807) is 6.07 Å².